The maximum atomic E-state index is 11.6. The lowest BCUT2D eigenvalue weighted by Crippen LogP contribution is -2.02. The predicted octanol–water partition coefficient (Wildman–Crippen LogP) is 2.62. The molecule has 1 aromatic carbocycles. The summed E-state index contributed by atoms with van der Waals surface area (Å²) in [5, 5.41) is 0. The summed E-state index contributed by atoms with van der Waals surface area (Å²) in [4.78, 5) is 18.4. The summed E-state index contributed by atoms with van der Waals surface area (Å²) in [5.41, 5.74) is 1.27. The van der Waals surface area contributed by atoms with E-state index in [1.54, 1.807) is 12.4 Å². The fourth-order valence-electron chi connectivity index (χ4n) is 1.63. The number of imidazole rings is 1. The van der Waals surface area contributed by atoms with Crippen molar-refractivity contribution in [1.29, 1.82) is 0 Å². The highest BCUT2D eigenvalue weighted by molar-refractivity contribution is 5.92. The normalized spacial score (nSPS) is 10.2. The zero-order chi connectivity index (χ0) is 11.2. The second-order valence-corrected chi connectivity index (χ2v) is 3.70. The summed E-state index contributed by atoms with van der Waals surface area (Å²) in [6.07, 6.45) is 5.62. The molecule has 0 saturated carbocycles. The highest BCUT2D eigenvalue weighted by Gasteiger charge is 2.07. The second kappa shape index (κ2) is 5.26. The van der Waals surface area contributed by atoms with Crippen LogP contribution in [0.25, 0.3) is 0 Å². The van der Waals surface area contributed by atoms with Gasteiger partial charge in [0.05, 0.1) is 0 Å². The molecule has 0 spiro atoms. The number of rotatable bonds is 5. The van der Waals surface area contributed by atoms with E-state index in [1.807, 2.05) is 18.2 Å². The molecule has 3 heteroatoms. The number of nitrogens with one attached hydrogen (secondary N) is 1. The quantitative estimate of drug-likeness (QED) is 0.777. The SMILES string of the molecule is O=C(CCCc1ccccc1)c1ncc[nH]1. The Morgan fingerprint density at radius 2 is 2.06 bits per heavy atom. The third-order valence-corrected chi connectivity index (χ3v) is 2.47. The number of Topliss-reactive ketones (excluding diaryl/α,β-unsaturated/α-hetero) is 1. The van der Waals surface area contributed by atoms with Gasteiger partial charge in [0.25, 0.3) is 0 Å². The van der Waals surface area contributed by atoms with Gasteiger partial charge in [0.15, 0.2) is 11.6 Å². The summed E-state index contributed by atoms with van der Waals surface area (Å²) < 4.78 is 0. The molecule has 0 aliphatic rings. The minimum absolute atomic E-state index is 0.0842. The van der Waals surface area contributed by atoms with Crippen molar-refractivity contribution in [3.63, 3.8) is 0 Å². The van der Waals surface area contributed by atoms with Gasteiger partial charge >= 0.3 is 0 Å². The van der Waals surface area contributed by atoms with Crippen LogP contribution in [0.4, 0.5) is 0 Å². The molecule has 1 N–H and O–H groups in total. The fraction of sp³-hybridized carbons (Fsp3) is 0.231. The van der Waals surface area contributed by atoms with Crippen molar-refractivity contribution in [1.82, 2.24) is 9.97 Å². The standard InChI is InChI=1S/C13H14N2O/c16-12(13-14-9-10-15-13)8-4-7-11-5-2-1-3-6-11/h1-3,5-6,9-10H,4,7-8H2,(H,14,15). The van der Waals surface area contributed by atoms with Gasteiger partial charge in [0.1, 0.15) is 0 Å². The van der Waals surface area contributed by atoms with Crippen molar-refractivity contribution < 1.29 is 4.79 Å². The zero-order valence-corrected chi connectivity index (χ0v) is 9.02. The molecule has 0 atom stereocenters. The molecule has 0 unspecified atom stereocenters. The molecular formula is C13H14N2O. The fourth-order valence-corrected chi connectivity index (χ4v) is 1.63. The Morgan fingerprint density at radius 1 is 1.25 bits per heavy atom. The van der Waals surface area contributed by atoms with E-state index in [2.05, 4.69) is 22.1 Å². The maximum Gasteiger partial charge on any atom is 0.198 e. The minimum Gasteiger partial charge on any atom is -0.342 e. The van der Waals surface area contributed by atoms with Crippen LogP contribution in [0.2, 0.25) is 0 Å². The van der Waals surface area contributed by atoms with Crippen LogP contribution >= 0.6 is 0 Å². The Hall–Kier alpha value is -1.90. The number of carbonyl (C=O) groups is 1. The van der Waals surface area contributed by atoms with E-state index < -0.39 is 0 Å². The largest absolute Gasteiger partial charge is 0.342 e. The lowest BCUT2D eigenvalue weighted by molar-refractivity contribution is 0.0971. The van der Waals surface area contributed by atoms with Crippen molar-refractivity contribution >= 4 is 5.78 Å². The molecule has 0 fully saturated rings. The zero-order valence-electron chi connectivity index (χ0n) is 9.02. The average molecular weight is 214 g/mol. The number of aryl methyl sites for hydroxylation is 1. The van der Waals surface area contributed by atoms with Crippen molar-refractivity contribution in [3.05, 3.63) is 54.1 Å². The molecule has 2 aromatic rings. The van der Waals surface area contributed by atoms with E-state index in [0.29, 0.717) is 12.2 Å². The molecular weight excluding hydrogens is 200 g/mol. The van der Waals surface area contributed by atoms with Crippen LogP contribution < -0.4 is 0 Å². The number of hydrogen-bond donors (Lipinski definition) is 1. The number of aromatic amines is 1. The van der Waals surface area contributed by atoms with E-state index in [0.717, 1.165) is 12.8 Å². The molecule has 1 heterocycles. The summed E-state index contributed by atoms with van der Waals surface area (Å²) in [6, 6.07) is 10.2. The maximum absolute atomic E-state index is 11.6. The third-order valence-electron chi connectivity index (χ3n) is 2.47. The molecule has 0 saturated heterocycles. The monoisotopic (exact) mass is 214 g/mol. The van der Waals surface area contributed by atoms with E-state index >= 15 is 0 Å². The average Bonchev–Trinajstić information content (AvgIpc) is 2.84. The molecule has 0 amide bonds. The van der Waals surface area contributed by atoms with E-state index in [4.69, 9.17) is 0 Å². The molecule has 82 valence electrons. The van der Waals surface area contributed by atoms with Crippen LogP contribution in [0.1, 0.15) is 29.0 Å². The number of aromatic nitrogens is 2. The highest BCUT2D eigenvalue weighted by atomic mass is 16.1. The van der Waals surface area contributed by atoms with Gasteiger partial charge in [-0.15, -0.1) is 0 Å². The van der Waals surface area contributed by atoms with Crippen molar-refractivity contribution in [2.24, 2.45) is 0 Å². The molecule has 3 nitrogen and oxygen atoms in total. The predicted molar refractivity (Wildman–Crippen MR) is 62.3 cm³/mol. The van der Waals surface area contributed by atoms with Gasteiger partial charge in [-0.3, -0.25) is 4.79 Å². The highest BCUT2D eigenvalue weighted by Crippen LogP contribution is 2.06. The van der Waals surface area contributed by atoms with Gasteiger partial charge in [-0.25, -0.2) is 4.98 Å². The first-order chi connectivity index (χ1) is 7.86. The van der Waals surface area contributed by atoms with Crippen LogP contribution in [0.5, 0.6) is 0 Å². The minimum atomic E-state index is 0.0842. The lowest BCUT2D eigenvalue weighted by Gasteiger charge is -1.99. The van der Waals surface area contributed by atoms with Gasteiger partial charge in [-0.1, -0.05) is 30.3 Å². The number of nitrogens with zero attached hydrogens (tertiary/aromatic N) is 1. The van der Waals surface area contributed by atoms with Crippen LogP contribution in [0.15, 0.2) is 42.7 Å². The molecule has 2 rings (SSSR count). The smallest absolute Gasteiger partial charge is 0.198 e. The number of ketones is 1. The second-order valence-electron chi connectivity index (χ2n) is 3.70. The van der Waals surface area contributed by atoms with Gasteiger partial charge in [-0.2, -0.15) is 0 Å². The van der Waals surface area contributed by atoms with Crippen molar-refractivity contribution in [3.8, 4) is 0 Å². The molecule has 1 aromatic heterocycles. The Kier molecular flexibility index (Phi) is 3.49. The van der Waals surface area contributed by atoms with Crippen molar-refractivity contribution in [2.45, 2.75) is 19.3 Å². The first kappa shape index (κ1) is 10.6. The van der Waals surface area contributed by atoms with E-state index in [-0.39, 0.29) is 5.78 Å². The van der Waals surface area contributed by atoms with Gasteiger partial charge < -0.3 is 4.98 Å². The van der Waals surface area contributed by atoms with Crippen LogP contribution in [-0.2, 0) is 6.42 Å². The number of hydrogen-bond acceptors (Lipinski definition) is 2. The van der Waals surface area contributed by atoms with E-state index in [9.17, 15) is 4.79 Å². The van der Waals surface area contributed by atoms with Crippen LogP contribution in [0, 0.1) is 0 Å². The molecule has 0 radical (unpaired) electrons. The summed E-state index contributed by atoms with van der Waals surface area (Å²) >= 11 is 0. The Morgan fingerprint density at radius 3 is 2.75 bits per heavy atom. The lowest BCUT2D eigenvalue weighted by atomic mass is 10.1. The van der Waals surface area contributed by atoms with Gasteiger partial charge in [-0.05, 0) is 18.4 Å². The third kappa shape index (κ3) is 2.79. The summed E-state index contributed by atoms with van der Waals surface area (Å²) in [6.45, 7) is 0. The summed E-state index contributed by atoms with van der Waals surface area (Å²) in [7, 11) is 0. The van der Waals surface area contributed by atoms with Crippen molar-refractivity contribution in [2.75, 3.05) is 0 Å². The molecule has 0 aliphatic heterocycles. The van der Waals surface area contributed by atoms with Crippen LogP contribution in [-0.4, -0.2) is 15.8 Å². The Labute approximate surface area is 94.5 Å². The number of H-pyrrole nitrogens is 1. The molecule has 0 bridgehead atoms. The molecule has 0 aliphatic carbocycles. The first-order valence-electron chi connectivity index (χ1n) is 5.43. The summed E-state index contributed by atoms with van der Waals surface area (Å²) in [5.74, 6) is 0.550. The number of benzene rings is 1. The molecule has 16 heavy (non-hydrogen) atoms. The topological polar surface area (TPSA) is 45.8 Å². The van der Waals surface area contributed by atoms with Gasteiger partial charge in [0, 0.05) is 18.8 Å². The number of carbonyl (C=O) groups excluding carboxylic acids is 1. The van der Waals surface area contributed by atoms with Crippen LogP contribution in [0.3, 0.4) is 0 Å². The Bertz CT molecular complexity index is 434. The first-order valence-corrected chi connectivity index (χ1v) is 5.43. The Balaban J connectivity index is 1.79. The van der Waals surface area contributed by atoms with Gasteiger partial charge in [0.2, 0.25) is 0 Å². The van der Waals surface area contributed by atoms with E-state index in [1.165, 1.54) is 5.56 Å².